The average Bonchev–Trinajstić information content (AvgIpc) is 3.43. The van der Waals surface area contributed by atoms with Gasteiger partial charge in [-0.2, -0.15) is 0 Å². The van der Waals surface area contributed by atoms with Crippen molar-refractivity contribution in [3.8, 4) is 0 Å². The Balaban J connectivity index is 1.09. The Morgan fingerprint density at radius 3 is 2.44 bits per heavy atom. The van der Waals surface area contributed by atoms with E-state index in [9.17, 15) is 14.4 Å². The Labute approximate surface area is 274 Å². The number of carbonyl (C=O) groups is 3. The van der Waals surface area contributed by atoms with E-state index in [1.54, 1.807) is 22.3 Å². The molecule has 244 valence electrons. The summed E-state index contributed by atoms with van der Waals surface area (Å²) in [5.41, 5.74) is 10.3. The number of hydrogen-bond donors (Lipinski definition) is 3. The van der Waals surface area contributed by atoms with Gasteiger partial charge >= 0.3 is 12.1 Å². The van der Waals surface area contributed by atoms with Crippen molar-refractivity contribution in [3.05, 3.63) is 44.6 Å². The number of likely N-dealkylation sites (tertiary alicyclic amines) is 1. The van der Waals surface area contributed by atoms with Gasteiger partial charge < -0.3 is 35.8 Å². The second-order valence-electron chi connectivity index (χ2n) is 12.6. The number of urea groups is 1. The number of piperazine rings is 1. The van der Waals surface area contributed by atoms with E-state index < -0.39 is 12.2 Å². The van der Waals surface area contributed by atoms with Crippen molar-refractivity contribution < 1.29 is 19.1 Å². The molecule has 11 nitrogen and oxygen atoms in total. The smallest absolute Gasteiger partial charge is 0.410 e. The van der Waals surface area contributed by atoms with Crippen LogP contribution < -0.4 is 16.4 Å². The molecule has 4 aliphatic rings. The van der Waals surface area contributed by atoms with Gasteiger partial charge in [0.05, 0.1) is 16.4 Å². The van der Waals surface area contributed by atoms with Crippen molar-refractivity contribution in [1.29, 1.82) is 0 Å². The Kier molecular flexibility index (Phi) is 10.0. The van der Waals surface area contributed by atoms with E-state index in [1.165, 1.54) is 0 Å². The first kappa shape index (κ1) is 31.9. The fourth-order valence-electron chi connectivity index (χ4n) is 7.08. The molecule has 1 aromatic carbocycles. The van der Waals surface area contributed by atoms with E-state index in [-0.39, 0.29) is 24.4 Å². The lowest BCUT2D eigenvalue weighted by Gasteiger charge is -2.41. The summed E-state index contributed by atoms with van der Waals surface area (Å²) in [4.78, 5) is 48.3. The molecule has 0 saturated carbocycles. The number of nitrogen functional groups attached to an aromatic ring is 1. The number of nitrogens with zero attached hydrogens (tertiary/aromatic N) is 4. The second kappa shape index (κ2) is 14.1. The van der Waals surface area contributed by atoms with Gasteiger partial charge in [0.15, 0.2) is 6.10 Å². The molecule has 4 aliphatic heterocycles. The van der Waals surface area contributed by atoms with Crippen molar-refractivity contribution in [2.24, 2.45) is 0 Å². The van der Waals surface area contributed by atoms with Gasteiger partial charge in [0.2, 0.25) is 0 Å². The van der Waals surface area contributed by atoms with Crippen LogP contribution in [0, 0.1) is 6.92 Å². The fraction of sp³-hybridized carbons (Fsp3) is 0.594. The molecular weight excluding hydrogens is 614 g/mol. The lowest BCUT2D eigenvalue weighted by atomic mass is 10.0. The highest BCUT2D eigenvalue weighted by Crippen LogP contribution is 2.29. The van der Waals surface area contributed by atoms with Crippen LogP contribution in [0.25, 0.3) is 0 Å². The molecule has 0 bridgehead atoms. The molecule has 2 aromatic rings. The number of thiophene rings is 1. The molecule has 0 spiro atoms. The molecule has 0 unspecified atom stereocenters. The van der Waals surface area contributed by atoms with Gasteiger partial charge in [-0.15, -0.1) is 11.3 Å². The predicted octanol–water partition coefficient (Wildman–Crippen LogP) is 3.79. The quantitative estimate of drug-likeness (QED) is 0.404. The number of benzene rings is 1. The van der Waals surface area contributed by atoms with Crippen molar-refractivity contribution >= 4 is 52.3 Å². The van der Waals surface area contributed by atoms with Crippen LogP contribution >= 0.6 is 22.9 Å². The number of hydrogen-bond acceptors (Lipinski definition) is 8. The monoisotopic (exact) mass is 657 g/mol. The van der Waals surface area contributed by atoms with Crippen LogP contribution in [0.2, 0.25) is 5.02 Å². The van der Waals surface area contributed by atoms with Gasteiger partial charge in [-0.1, -0.05) is 17.7 Å². The Morgan fingerprint density at radius 2 is 1.73 bits per heavy atom. The number of amides is 4. The van der Waals surface area contributed by atoms with E-state index in [4.69, 9.17) is 22.1 Å². The van der Waals surface area contributed by atoms with Gasteiger partial charge in [-0.05, 0) is 80.3 Å². The molecular formula is C32H44ClN7O4S. The summed E-state index contributed by atoms with van der Waals surface area (Å²) in [7, 11) is 0. The summed E-state index contributed by atoms with van der Waals surface area (Å²) >= 11 is 7.98. The molecule has 5 heterocycles. The highest BCUT2D eigenvalue weighted by atomic mass is 35.5. The minimum Gasteiger partial charge on any atom is -0.436 e. The van der Waals surface area contributed by atoms with Gasteiger partial charge in [-0.3, -0.25) is 9.69 Å². The van der Waals surface area contributed by atoms with Crippen molar-refractivity contribution in [2.45, 2.75) is 63.6 Å². The number of nitrogens with one attached hydrogen (secondary N) is 2. The number of nitrogens with two attached hydrogens (primary N) is 1. The maximum Gasteiger partial charge on any atom is 0.410 e. The molecule has 3 saturated heterocycles. The molecule has 45 heavy (non-hydrogen) atoms. The molecule has 3 fully saturated rings. The first-order valence-electron chi connectivity index (χ1n) is 16.1. The number of rotatable bonds is 6. The lowest BCUT2D eigenvalue weighted by Crippen LogP contribution is -2.56. The molecule has 1 aromatic heterocycles. The number of fused-ring (bicyclic) bond motifs is 1. The summed E-state index contributed by atoms with van der Waals surface area (Å²) in [6.45, 7) is 8.34. The third kappa shape index (κ3) is 7.34. The average molecular weight is 658 g/mol. The fourth-order valence-corrected chi connectivity index (χ4v) is 8.19. The van der Waals surface area contributed by atoms with Gasteiger partial charge in [-0.25, -0.2) is 9.59 Å². The SMILES string of the molecule is Cc1cc(C[C@@H](OC(=O)N2CCC(N3CCc4cscc4NC3=O)CC2)C(=O)N2CCN(C3CCNCC3)CC2)cc(Cl)c1N. The molecule has 1 atom stereocenters. The molecule has 0 radical (unpaired) electrons. The zero-order valence-corrected chi connectivity index (χ0v) is 27.5. The van der Waals surface area contributed by atoms with Crippen LogP contribution in [-0.4, -0.2) is 115 Å². The second-order valence-corrected chi connectivity index (χ2v) is 13.8. The minimum absolute atomic E-state index is 0.0373. The molecule has 6 rings (SSSR count). The number of anilines is 2. The largest absolute Gasteiger partial charge is 0.436 e. The van der Waals surface area contributed by atoms with E-state index in [1.807, 2.05) is 28.2 Å². The summed E-state index contributed by atoms with van der Waals surface area (Å²) in [5.74, 6) is -0.178. The zero-order valence-electron chi connectivity index (χ0n) is 25.9. The number of aryl methyl sites for hydroxylation is 1. The lowest BCUT2D eigenvalue weighted by molar-refractivity contribution is -0.143. The summed E-state index contributed by atoms with van der Waals surface area (Å²) in [5, 5.41) is 10.9. The zero-order chi connectivity index (χ0) is 31.5. The van der Waals surface area contributed by atoms with Crippen molar-refractivity contribution in [2.75, 3.05) is 70.0 Å². The van der Waals surface area contributed by atoms with Crippen molar-refractivity contribution in [3.63, 3.8) is 0 Å². The number of carbonyl (C=O) groups excluding carboxylic acids is 3. The maximum absolute atomic E-state index is 13.9. The number of halogens is 1. The van der Waals surface area contributed by atoms with Gasteiger partial charge in [0.1, 0.15) is 0 Å². The highest BCUT2D eigenvalue weighted by molar-refractivity contribution is 7.08. The van der Waals surface area contributed by atoms with Crippen molar-refractivity contribution in [1.82, 2.24) is 24.9 Å². The maximum atomic E-state index is 13.9. The first-order valence-corrected chi connectivity index (χ1v) is 17.4. The van der Waals surface area contributed by atoms with E-state index >= 15 is 0 Å². The van der Waals surface area contributed by atoms with Crippen LogP contribution in [0.4, 0.5) is 21.0 Å². The van der Waals surface area contributed by atoms with E-state index in [0.29, 0.717) is 62.3 Å². The summed E-state index contributed by atoms with van der Waals surface area (Å²) in [6, 6.07) is 4.16. The summed E-state index contributed by atoms with van der Waals surface area (Å²) < 4.78 is 6.02. The number of ether oxygens (including phenoxy) is 1. The van der Waals surface area contributed by atoms with Crippen LogP contribution in [0.15, 0.2) is 22.9 Å². The van der Waals surface area contributed by atoms with Crippen LogP contribution in [0.1, 0.15) is 42.4 Å². The Bertz CT molecular complexity index is 1360. The topological polar surface area (TPSA) is 123 Å². The summed E-state index contributed by atoms with van der Waals surface area (Å²) in [6.07, 6.45) is 3.10. The highest BCUT2D eigenvalue weighted by Gasteiger charge is 2.36. The Morgan fingerprint density at radius 1 is 1.00 bits per heavy atom. The third-order valence-electron chi connectivity index (χ3n) is 9.82. The van der Waals surface area contributed by atoms with Crippen LogP contribution in [0.5, 0.6) is 0 Å². The predicted molar refractivity (Wildman–Crippen MR) is 177 cm³/mol. The third-order valence-corrected chi connectivity index (χ3v) is 10.9. The normalized spacial score (nSPS) is 21.2. The van der Waals surface area contributed by atoms with Crippen LogP contribution in [-0.2, 0) is 22.4 Å². The van der Waals surface area contributed by atoms with E-state index in [2.05, 4.69) is 20.9 Å². The van der Waals surface area contributed by atoms with E-state index in [0.717, 1.165) is 67.8 Å². The molecule has 13 heteroatoms. The number of piperidine rings is 2. The van der Waals surface area contributed by atoms with Crippen LogP contribution in [0.3, 0.4) is 0 Å². The van der Waals surface area contributed by atoms with Gasteiger partial charge in [0, 0.05) is 69.7 Å². The standard InChI is InChI=1S/C32H44ClN7O4S/c1-21-16-22(17-26(33)29(21)34)18-28(30(41)38-14-12-37(13-15-38)24-2-7-35-8-3-24)44-32(43)39-9-5-25(6-10-39)40-11-4-23-19-45-20-27(23)36-31(40)42/h16-17,19-20,24-25,28,35H,2-15,18,34H2,1H3,(H,36,42)/t28-/m1/s1. The molecule has 4 N–H and O–H groups in total. The molecule has 4 amide bonds. The minimum atomic E-state index is -0.977. The first-order chi connectivity index (χ1) is 21.8. The van der Waals surface area contributed by atoms with Gasteiger partial charge in [0.25, 0.3) is 5.91 Å². The molecule has 0 aliphatic carbocycles. The Hall–Kier alpha value is -3.06.